The van der Waals surface area contributed by atoms with Crippen LogP contribution in [0.25, 0.3) is 0 Å². The maximum absolute atomic E-state index is 13.8. The zero-order chi connectivity index (χ0) is 14.7. The van der Waals surface area contributed by atoms with Crippen LogP contribution < -0.4 is 0 Å². The summed E-state index contributed by atoms with van der Waals surface area (Å²) >= 11 is 5.69. The SMILES string of the molecule is CC(Cl)CN(C)C(=O)c1cc(F)cc([N+](=O)[O-])c1F. The van der Waals surface area contributed by atoms with Gasteiger partial charge >= 0.3 is 5.69 Å². The topological polar surface area (TPSA) is 63.5 Å². The second-order valence-corrected chi connectivity index (χ2v) is 4.76. The van der Waals surface area contributed by atoms with E-state index in [0.29, 0.717) is 12.1 Å². The van der Waals surface area contributed by atoms with E-state index in [2.05, 4.69) is 0 Å². The number of rotatable bonds is 4. The molecule has 0 N–H and O–H groups in total. The first-order valence-corrected chi connectivity index (χ1v) is 5.70. The van der Waals surface area contributed by atoms with E-state index in [9.17, 15) is 23.7 Å². The number of alkyl halides is 1. The van der Waals surface area contributed by atoms with Gasteiger partial charge < -0.3 is 4.90 Å². The predicted octanol–water partition coefficient (Wildman–Crippen LogP) is 2.57. The number of carbonyl (C=O) groups is 1. The molecule has 0 aliphatic rings. The molecule has 19 heavy (non-hydrogen) atoms. The van der Waals surface area contributed by atoms with Crippen molar-refractivity contribution in [2.75, 3.05) is 13.6 Å². The third-order valence-electron chi connectivity index (χ3n) is 2.32. The van der Waals surface area contributed by atoms with Crippen LogP contribution in [-0.2, 0) is 0 Å². The number of nitrogens with zero attached hydrogens (tertiary/aromatic N) is 2. The van der Waals surface area contributed by atoms with Crippen LogP contribution in [-0.4, -0.2) is 34.7 Å². The van der Waals surface area contributed by atoms with E-state index >= 15 is 0 Å². The molecular weight excluding hydrogens is 282 g/mol. The largest absolute Gasteiger partial charge is 0.340 e. The molecule has 1 aromatic carbocycles. The Morgan fingerprint density at radius 1 is 1.53 bits per heavy atom. The van der Waals surface area contributed by atoms with Gasteiger partial charge in [-0.3, -0.25) is 14.9 Å². The molecule has 0 spiro atoms. The van der Waals surface area contributed by atoms with Gasteiger partial charge in [-0.1, -0.05) is 0 Å². The Morgan fingerprint density at radius 3 is 2.58 bits per heavy atom. The fraction of sp³-hybridized carbons (Fsp3) is 0.364. The molecule has 0 fully saturated rings. The zero-order valence-electron chi connectivity index (χ0n) is 10.2. The Kier molecular flexibility index (Phi) is 4.77. The molecule has 0 heterocycles. The minimum absolute atomic E-state index is 0.101. The van der Waals surface area contributed by atoms with E-state index in [-0.39, 0.29) is 11.9 Å². The van der Waals surface area contributed by atoms with Crippen molar-refractivity contribution in [2.24, 2.45) is 0 Å². The number of hydrogen-bond donors (Lipinski definition) is 0. The van der Waals surface area contributed by atoms with Crippen LogP contribution in [0, 0.1) is 21.7 Å². The summed E-state index contributed by atoms with van der Waals surface area (Å²) in [6, 6.07) is 1.05. The van der Waals surface area contributed by atoms with Crippen molar-refractivity contribution in [3.63, 3.8) is 0 Å². The highest BCUT2D eigenvalue weighted by Crippen LogP contribution is 2.23. The van der Waals surface area contributed by atoms with Crippen LogP contribution in [0.2, 0.25) is 0 Å². The third-order valence-corrected chi connectivity index (χ3v) is 2.46. The maximum atomic E-state index is 13.8. The molecule has 0 aliphatic heterocycles. The highest BCUT2D eigenvalue weighted by Gasteiger charge is 2.26. The van der Waals surface area contributed by atoms with Crippen LogP contribution in [0.4, 0.5) is 14.5 Å². The number of hydrogen-bond acceptors (Lipinski definition) is 3. The monoisotopic (exact) mass is 292 g/mol. The van der Waals surface area contributed by atoms with Gasteiger partial charge in [0.1, 0.15) is 5.82 Å². The van der Waals surface area contributed by atoms with Gasteiger partial charge in [0.15, 0.2) is 0 Å². The van der Waals surface area contributed by atoms with Gasteiger partial charge in [-0.05, 0) is 13.0 Å². The molecule has 1 aromatic rings. The lowest BCUT2D eigenvalue weighted by molar-refractivity contribution is -0.387. The van der Waals surface area contributed by atoms with Crippen molar-refractivity contribution in [2.45, 2.75) is 12.3 Å². The molecule has 0 radical (unpaired) electrons. The van der Waals surface area contributed by atoms with Gasteiger partial charge in [0.2, 0.25) is 5.82 Å². The average molecular weight is 293 g/mol. The number of nitro groups is 1. The summed E-state index contributed by atoms with van der Waals surface area (Å²) in [7, 11) is 1.34. The highest BCUT2D eigenvalue weighted by atomic mass is 35.5. The van der Waals surface area contributed by atoms with Crippen molar-refractivity contribution in [1.82, 2.24) is 4.90 Å². The van der Waals surface area contributed by atoms with E-state index in [1.54, 1.807) is 6.92 Å². The summed E-state index contributed by atoms with van der Waals surface area (Å²) in [5, 5.41) is 10.2. The van der Waals surface area contributed by atoms with Gasteiger partial charge in [-0.2, -0.15) is 4.39 Å². The lowest BCUT2D eigenvalue weighted by Gasteiger charge is -2.18. The van der Waals surface area contributed by atoms with Crippen molar-refractivity contribution >= 4 is 23.2 Å². The van der Waals surface area contributed by atoms with E-state index < -0.39 is 33.7 Å². The fourth-order valence-electron chi connectivity index (χ4n) is 1.53. The molecule has 0 saturated heterocycles. The molecule has 0 aromatic heterocycles. The first-order chi connectivity index (χ1) is 8.73. The summed E-state index contributed by atoms with van der Waals surface area (Å²) in [5.41, 5.74) is -1.76. The number of nitro benzene ring substituents is 1. The van der Waals surface area contributed by atoms with E-state index in [1.165, 1.54) is 7.05 Å². The second kappa shape index (κ2) is 5.92. The Bertz CT molecular complexity index is 523. The summed E-state index contributed by atoms with van der Waals surface area (Å²) in [5.74, 6) is -3.28. The van der Waals surface area contributed by atoms with Crippen LogP contribution in [0.15, 0.2) is 12.1 Å². The van der Waals surface area contributed by atoms with Crippen LogP contribution >= 0.6 is 11.6 Å². The van der Waals surface area contributed by atoms with Crippen LogP contribution in [0.3, 0.4) is 0 Å². The molecular formula is C11H11ClF2N2O3. The standard InChI is InChI=1S/C11H11ClF2N2O3/c1-6(12)5-15(2)11(17)8-3-7(13)4-9(10(8)14)16(18)19/h3-4,6H,5H2,1-2H3. The first kappa shape index (κ1) is 15.3. The van der Waals surface area contributed by atoms with Crippen molar-refractivity contribution in [1.29, 1.82) is 0 Å². The quantitative estimate of drug-likeness (QED) is 0.487. The van der Waals surface area contributed by atoms with Crippen LogP contribution in [0.5, 0.6) is 0 Å². The molecule has 1 rings (SSSR count). The average Bonchev–Trinajstić information content (AvgIpc) is 2.29. The van der Waals surface area contributed by atoms with Gasteiger partial charge in [0.05, 0.1) is 16.6 Å². The molecule has 8 heteroatoms. The molecule has 104 valence electrons. The Labute approximate surface area is 112 Å². The summed E-state index contributed by atoms with van der Waals surface area (Å²) < 4.78 is 26.9. The Morgan fingerprint density at radius 2 is 2.11 bits per heavy atom. The van der Waals surface area contributed by atoms with Crippen LogP contribution in [0.1, 0.15) is 17.3 Å². The molecule has 0 aliphatic carbocycles. The van der Waals surface area contributed by atoms with Crippen molar-refractivity contribution < 1.29 is 18.5 Å². The van der Waals surface area contributed by atoms with Gasteiger partial charge in [-0.15, -0.1) is 11.6 Å². The third kappa shape index (κ3) is 3.60. The molecule has 0 saturated carbocycles. The smallest absolute Gasteiger partial charge is 0.308 e. The number of benzene rings is 1. The maximum Gasteiger partial charge on any atom is 0.308 e. The molecule has 1 unspecified atom stereocenters. The Balaban J connectivity index is 3.20. The second-order valence-electron chi connectivity index (χ2n) is 4.01. The molecule has 5 nitrogen and oxygen atoms in total. The number of amides is 1. The summed E-state index contributed by atoms with van der Waals surface area (Å²) in [4.78, 5) is 22.4. The van der Waals surface area contributed by atoms with Crippen molar-refractivity contribution in [3.8, 4) is 0 Å². The fourth-order valence-corrected chi connectivity index (χ4v) is 1.74. The van der Waals surface area contributed by atoms with E-state index in [1.807, 2.05) is 0 Å². The van der Waals surface area contributed by atoms with Gasteiger partial charge in [-0.25, -0.2) is 4.39 Å². The van der Waals surface area contributed by atoms with E-state index in [0.717, 1.165) is 4.90 Å². The minimum atomic E-state index is -1.36. The lowest BCUT2D eigenvalue weighted by atomic mass is 10.1. The number of halogens is 3. The van der Waals surface area contributed by atoms with Crippen molar-refractivity contribution in [3.05, 3.63) is 39.4 Å². The van der Waals surface area contributed by atoms with E-state index in [4.69, 9.17) is 11.6 Å². The molecule has 0 bridgehead atoms. The summed E-state index contributed by atoms with van der Waals surface area (Å²) in [6.45, 7) is 1.72. The summed E-state index contributed by atoms with van der Waals surface area (Å²) in [6.07, 6.45) is 0. The number of carbonyl (C=O) groups excluding carboxylic acids is 1. The lowest BCUT2D eigenvalue weighted by Crippen LogP contribution is -2.32. The van der Waals surface area contributed by atoms with Gasteiger partial charge in [0, 0.05) is 19.0 Å². The Hall–Kier alpha value is -1.76. The van der Waals surface area contributed by atoms with Gasteiger partial charge in [0.25, 0.3) is 5.91 Å². The first-order valence-electron chi connectivity index (χ1n) is 5.27. The molecule has 1 amide bonds. The predicted molar refractivity (Wildman–Crippen MR) is 65.3 cm³/mol. The zero-order valence-corrected chi connectivity index (χ0v) is 10.9. The minimum Gasteiger partial charge on any atom is -0.340 e. The normalized spacial score (nSPS) is 12.1. The molecule has 1 atom stereocenters. The highest BCUT2D eigenvalue weighted by molar-refractivity contribution is 6.20.